The number of nitrogens with one attached hydrogen (secondary N) is 1. The maximum atomic E-state index is 12.5. The largest absolute Gasteiger partial charge is 0.471 e. The van der Waals surface area contributed by atoms with Crippen LogP contribution in [0.4, 0.5) is 24.5 Å². The summed E-state index contributed by atoms with van der Waals surface area (Å²) in [5.74, 6) is -1.83. The highest BCUT2D eigenvalue weighted by atomic mass is 19.4. The van der Waals surface area contributed by atoms with E-state index in [1.807, 2.05) is 4.90 Å². The monoisotopic (exact) mass is 374 g/mol. The van der Waals surface area contributed by atoms with Gasteiger partial charge < -0.3 is 15.1 Å². The molecule has 1 N–H and O–H groups in total. The number of hydrogen-bond acceptors (Lipinski definition) is 6. The van der Waals surface area contributed by atoms with Gasteiger partial charge in [-0.1, -0.05) is 0 Å². The third-order valence-corrected chi connectivity index (χ3v) is 3.90. The number of alkyl halides is 3. The average molecular weight is 374 g/mol. The van der Waals surface area contributed by atoms with Crippen LogP contribution < -0.4 is 10.2 Å². The molecule has 1 amide bonds. The lowest BCUT2D eigenvalue weighted by Gasteiger charge is -2.36. The highest BCUT2D eigenvalue weighted by Gasteiger charge is 2.43. The molecular weight excluding hydrogens is 361 g/mol. The van der Waals surface area contributed by atoms with Crippen LogP contribution in [0.15, 0.2) is 35.5 Å². The van der Waals surface area contributed by atoms with Crippen molar-refractivity contribution < 1.29 is 18.0 Å². The third kappa shape index (κ3) is 4.68. The number of rotatable bonds is 3. The molecular formula is C17H13F3N6O. The molecule has 0 aromatic heterocycles. The number of benzene rings is 1. The Hall–Kier alpha value is -3.71. The zero-order valence-electron chi connectivity index (χ0n) is 13.9. The van der Waals surface area contributed by atoms with E-state index in [2.05, 4.69) is 5.32 Å². The van der Waals surface area contributed by atoms with E-state index in [4.69, 9.17) is 15.8 Å². The van der Waals surface area contributed by atoms with E-state index in [1.54, 1.807) is 42.5 Å². The molecule has 1 aliphatic heterocycles. The van der Waals surface area contributed by atoms with Crippen molar-refractivity contribution in [3.05, 3.63) is 35.5 Å². The molecule has 1 aromatic rings. The summed E-state index contributed by atoms with van der Waals surface area (Å²) in [6.07, 6.45) is -4.87. The first-order valence-corrected chi connectivity index (χ1v) is 7.73. The zero-order chi connectivity index (χ0) is 20.0. The topological polar surface area (TPSA) is 107 Å². The van der Waals surface area contributed by atoms with Crippen molar-refractivity contribution in [2.75, 3.05) is 36.4 Å². The van der Waals surface area contributed by atoms with E-state index in [-0.39, 0.29) is 37.4 Å². The minimum Gasteiger partial charge on any atom is -0.368 e. The number of anilines is 2. The number of piperazine rings is 1. The van der Waals surface area contributed by atoms with Gasteiger partial charge in [0, 0.05) is 37.6 Å². The molecule has 138 valence electrons. The summed E-state index contributed by atoms with van der Waals surface area (Å²) >= 11 is 0. The van der Waals surface area contributed by atoms with Gasteiger partial charge in [-0.3, -0.25) is 4.79 Å². The lowest BCUT2D eigenvalue weighted by atomic mass is 10.2. The predicted molar refractivity (Wildman–Crippen MR) is 88.8 cm³/mol. The number of nitriles is 3. The molecule has 7 nitrogen and oxygen atoms in total. The lowest BCUT2D eigenvalue weighted by Crippen LogP contribution is -2.52. The SMILES string of the molecule is N#CC(C#N)=C(C#N)Nc1ccc(N2CCN(C(=O)C(F)(F)F)CC2)cc1. The van der Waals surface area contributed by atoms with Gasteiger partial charge in [0.25, 0.3) is 0 Å². The van der Waals surface area contributed by atoms with Gasteiger partial charge in [-0.25, -0.2) is 0 Å². The zero-order valence-corrected chi connectivity index (χ0v) is 13.9. The summed E-state index contributed by atoms with van der Waals surface area (Å²) in [4.78, 5) is 13.9. The van der Waals surface area contributed by atoms with E-state index in [9.17, 15) is 18.0 Å². The number of nitrogens with zero attached hydrogens (tertiary/aromatic N) is 5. The molecule has 0 spiro atoms. The Bertz CT molecular complexity index is 846. The number of amides is 1. The van der Waals surface area contributed by atoms with Crippen molar-refractivity contribution in [2.45, 2.75) is 6.18 Å². The van der Waals surface area contributed by atoms with Gasteiger partial charge >= 0.3 is 12.1 Å². The van der Waals surface area contributed by atoms with Crippen LogP contribution in [0, 0.1) is 34.0 Å². The first-order valence-electron chi connectivity index (χ1n) is 7.73. The summed E-state index contributed by atoms with van der Waals surface area (Å²) in [5.41, 5.74) is 0.700. The predicted octanol–water partition coefficient (Wildman–Crippen LogP) is 2.13. The molecule has 10 heteroatoms. The highest BCUT2D eigenvalue weighted by molar-refractivity contribution is 5.82. The summed E-state index contributed by atoms with van der Waals surface area (Å²) in [6.45, 7) is 0.441. The third-order valence-electron chi connectivity index (χ3n) is 3.90. The van der Waals surface area contributed by atoms with E-state index in [0.29, 0.717) is 5.69 Å². The Labute approximate surface area is 153 Å². The molecule has 1 aliphatic rings. The van der Waals surface area contributed by atoms with Crippen molar-refractivity contribution in [3.63, 3.8) is 0 Å². The number of hydrogen-bond donors (Lipinski definition) is 1. The Balaban J connectivity index is 2.02. The first kappa shape index (κ1) is 19.6. The Morgan fingerprint density at radius 3 is 1.96 bits per heavy atom. The van der Waals surface area contributed by atoms with Crippen LogP contribution in [0.5, 0.6) is 0 Å². The normalized spacial score (nSPS) is 13.8. The smallest absolute Gasteiger partial charge is 0.368 e. The molecule has 0 bridgehead atoms. The van der Waals surface area contributed by atoms with E-state index in [0.717, 1.165) is 10.6 Å². The fraction of sp³-hybridized carbons (Fsp3) is 0.294. The highest BCUT2D eigenvalue weighted by Crippen LogP contribution is 2.23. The van der Waals surface area contributed by atoms with Crippen molar-refractivity contribution in [1.29, 1.82) is 15.8 Å². The fourth-order valence-corrected chi connectivity index (χ4v) is 2.53. The molecule has 0 saturated carbocycles. The Morgan fingerprint density at radius 2 is 1.52 bits per heavy atom. The summed E-state index contributed by atoms with van der Waals surface area (Å²) in [7, 11) is 0. The van der Waals surface area contributed by atoms with Crippen LogP contribution in [-0.2, 0) is 4.79 Å². The molecule has 27 heavy (non-hydrogen) atoms. The standard InChI is InChI=1S/C17H13F3N6O/c18-17(19,20)16(27)26-7-5-25(6-8-26)14-3-1-13(2-4-14)24-15(11-23)12(9-21)10-22/h1-4,24H,5-8H2. The first-order chi connectivity index (χ1) is 12.8. The fourth-order valence-electron chi connectivity index (χ4n) is 2.53. The van der Waals surface area contributed by atoms with Crippen LogP contribution >= 0.6 is 0 Å². The molecule has 0 radical (unpaired) electrons. The molecule has 0 atom stereocenters. The second-order valence-electron chi connectivity index (χ2n) is 5.53. The molecule has 0 aliphatic carbocycles. The molecule has 0 unspecified atom stereocenters. The quantitative estimate of drug-likeness (QED) is 0.813. The molecule has 1 fully saturated rings. The van der Waals surface area contributed by atoms with Crippen LogP contribution in [0.2, 0.25) is 0 Å². The van der Waals surface area contributed by atoms with E-state index in [1.165, 1.54) is 0 Å². The molecule has 1 saturated heterocycles. The lowest BCUT2D eigenvalue weighted by molar-refractivity contribution is -0.185. The van der Waals surface area contributed by atoms with Crippen LogP contribution in [0.3, 0.4) is 0 Å². The summed E-state index contributed by atoms with van der Waals surface area (Å²) < 4.78 is 37.4. The van der Waals surface area contributed by atoms with Crippen molar-refractivity contribution in [3.8, 4) is 18.2 Å². The van der Waals surface area contributed by atoms with Crippen molar-refractivity contribution >= 4 is 17.3 Å². The minimum atomic E-state index is -4.87. The van der Waals surface area contributed by atoms with Gasteiger partial charge in [0.1, 0.15) is 23.9 Å². The van der Waals surface area contributed by atoms with Crippen LogP contribution in [0.1, 0.15) is 0 Å². The second kappa shape index (κ2) is 8.11. The van der Waals surface area contributed by atoms with E-state index < -0.39 is 12.1 Å². The number of carbonyl (C=O) groups excluding carboxylic acids is 1. The molecule has 1 heterocycles. The maximum absolute atomic E-state index is 12.5. The van der Waals surface area contributed by atoms with E-state index >= 15 is 0 Å². The Kier molecular flexibility index (Phi) is 5.89. The summed E-state index contributed by atoms with van der Waals surface area (Å²) in [6, 6.07) is 11.6. The maximum Gasteiger partial charge on any atom is 0.471 e. The van der Waals surface area contributed by atoms with Crippen molar-refractivity contribution in [2.24, 2.45) is 0 Å². The van der Waals surface area contributed by atoms with Gasteiger partial charge in [0.15, 0.2) is 5.57 Å². The molecule has 2 rings (SSSR count). The number of allylic oxidation sites excluding steroid dienone is 2. The minimum absolute atomic E-state index is 0.0344. The van der Waals surface area contributed by atoms with Crippen molar-refractivity contribution in [1.82, 2.24) is 4.90 Å². The van der Waals surface area contributed by atoms with Crippen LogP contribution in [0.25, 0.3) is 0 Å². The average Bonchev–Trinajstić information content (AvgIpc) is 2.67. The number of halogens is 3. The summed E-state index contributed by atoms with van der Waals surface area (Å²) in [5, 5.41) is 29.3. The number of carbonyl (C=O) groups is 1. The Morgan fingerprint density at radius 1 is 0.963 bits per heavy atom. The van der Waals surface area contributed by atoms with Gasteiger partial charge in [0.05, 0.1) is 0 Å². The van der Waals surface area contributed by atoms with Gasteiger partial charge in [0.2, 0.25) is 0 Å². The van der Waals surface area contributed by atoms with Gasteiger partial charge in [-0.15, -0.1) is 0 Å². The van der Waals surface area contributed by atoms with Crippen LogP contribution in [-0.4, -0.2) is 43.2 Å². The van der Waals surface area contributed by atoms with Gasteiger partial charge in [-0.05, 0) is 24.3 Å². The second-order valence-corrected chi connectivity index (χ2v) is 5.53. The van der Waals surface area contributed by atoms with Gasteiger partial charge in [-0.2, -0.15) is 29.0 Å². The molecule has 1 aromatic carbocycles.